The Morgan fingerprint density at radius 2 is 2.08 bits per heavy atom. The van der Waals surface area contributed by atoms with Gasteiger partial charge in [-0.3, -0.25) is 0 Å². The first-order valence-corrected chi connectivity index (χ1v) is 5.50. The molecule has 0 aliphatic carbocycles. The van der Waals surface area contributed by atoms with Crippen molar-refractivity contribution in [3.8, 4) is 6.07 Å². The Morgan fingerprint density at radius 3 is 2.67 bits per heavy atom. The summed E-state index contributed by atoms with van der Waals surface area (Å²) in [5.74, 6) is 0. The van der Waals surface area contributed by atoms with Crippen LogP contribution in [0.5, 0.6) is 0 Å². The van der Waals surface area contributed by atoms with Crippen molar-refractivity contribution in [2.24, 2.45) is 0 Å². The van der Waals surface area contributed by atoms with Crippen molar-refractivity contribution in [3.63, 3.8) is 0 Å². The van der Waals surface area contributed by atoms with Gasteiger partial charge in [-0.15, -0.1) is 0 Å². The van der Waals surface area contributed by atoms with E-state index in [2.05, 4.69) is 0 Å². The van der Waals surface area contributed by atoms with Gasteiger partial charge in [0.1, 0.15) is 0 Å². The van der Waals surface area contributed by atoms with Crippen molar-refractivity contribution < 1.29 is 4.79 Å². The summed E-state index contributed by atoms with van der Waals surface area (Å²) in [7, 11) is 0. The van der Waals surface area contributed by atoms with Gasteiger partial charge in [0.05, 0.1) is 0 Å². The minimum absolute atomic E-state index is 0.102. The number of carbonyl (C=O) groups excluding carboxylic acids is 1. The normalized spacial score (nSPS) is 8.92. The standard InChI is InChI=1S/C9H7NOSe/c10-6-7-12-9(11)8-4-2-1-3-5-8/h1-5H,7H2. The van der Waals surface area contributed by atoms with Crippen LogP contribution in [0.15, 0.2) is 30.3 Å². The molecular formula is C9H7NOSe. The Morgan fingerprint density at radius 1 is 1.42 bits per heavy atom. The summed E-state index contributed by atoms with van der Waals surface area (Å²) in [4.78, 5) is 11.3. The van der Waals surface area contributed by atoms with E-state index in [4.69, 9.17) is 5.26 Å². The zero-order chi connectivity index (χ0) is 8.81. The van der Waals surface area contributed by atoms with Crippen LogP contribution in [0.3, 0.4) is 0 Å². The summed E-state index contributed by atoms with van der Waals surface area (Å²) in [6.07, 6.45) is 0. The topological polar surface area (TPSA) is 40.9 Å². The maximum absolute atomic E-state index is 11.3. The number of rotatable bonds is 3. The molecule has 0 N–H and O–H groups in total. The number of nitrogens with zero attached hydrogens (tertiary/aromatic N) is 1. The Balaban J connectivity index is 2.61. The molecule has 0 aromatic heterocycles. The second-order valence-corrected chi connectivity index (χ2v) is 4.09. The summed E-state index contributed by atoms with van der Waals surface area (Å²) in [6, 6.07) is 11.1. The third-order valence-electron chi connectivity index (χ3n) is 1.28. The van der Waals surface area contributed by atoms with Crippen molar-refractivity contribution >= 4 is 19.6 Å². The predicted molar refractivity (Wildman–Crippen MR) is 46.9 cm³/mol. The van der Waals surface area contributed by atoms with Gasteiger partial charge in [-0.25, -0.2) is 0 Å². The molecule has 0 atom stereocenters. The Hall–Kier alpha value is -1.10. The van der Waals surface area contributed by atoms with Crippen LogP contribution in [0.2, 0.25) is 5.32 Å². The van der Waals surface area contributed by atoms with E-state index in [1.165, 1.54) is 0 Å². The average molecular weight is 224 g/mol. The summed E-state index contributed by atoms with van der Waals surface area (Å²) >= 11 is -0.212. The van der Waals surface area contributed by atoms with Gasteiger partial charge < -0.3 is 0 Å². The fourth-order valence-corrected chi connectivity index (χ4v) is 1.80. The molecule has 0 unspecified atom stereocenters. The van der Waals surface area contributed by atoms with E-state index in [9.17, 15) is 4.79 Å². The molecule has 0 heterocycles. The molecule has 0 aliphatic rings. The number of hydrogen-bond acceptors (Lipinski definition) is 2. The van der Waals surface area contributed by atoms with Crippen LogP contribution < -0.4 is 0 Å². The van der Waals surface area contributed by atoms with Crippen LogP contribution in [-0.2, 0) is 0 Å². The van der Waals surface area contributed by atoms with Crippen molar-refractivity contribution in [1.82, 2.24) is 0 Å². The molecule has 12 heavy (non-hydrogen) atoms. The van der Waals surface area contributed by atoms with Gasteiger partial charge in [-0.05, 0) is 0 Å². The molecule has 0 saturated carbocycles. The van der Waals surface area contributed by atoms with E-state index in [1.54, 1.807) is 12.1 Å². The van der Waals surface area contributed by atoms with Crippen LogP contribution in [0.4, 0.5) is 0 Å². The third-order valence-corrected chi connectivity index (χ3v) is 2.90. The van der Waals surface area contributed by atoms with Gasteiger partial charge >= 0.3 is 77.0 Å². The van der Waals surface area contributed by atoms with Gasteiger partial charge in [0, 0.05) is 0 Å². The van der Waals surface area contributed by atoms with Gasteiger partial charge in [0.25, 0.3) is 0 Å². The SMILES string of the molecule is N#CC[Se]C(=O)c1ccccc1. The zero-order valence-corrected chi connectivity index (χ0v) is 8.07. The fourth-order valence-electron chi connectivity index (χ4n) is 0.755. The van der Waals surface area contributed by atoms with Crippen LogP contribution in [-0.4, -0.2) is 19.6 Å². The molecule has 0 bridgehead atoms. The summed E-state index contributed by atoms with van der Waals surface area (Å²) in [5, 5.41) is 8.64. The second kappa shape index (κ2) is 4.71. The van der Waals surface area contributed by atoms with Crippen LogP contribution in [0, 0.1) is 11.3 Å². The molecule has 0 amide bonds. The van der Waals surface area contributed by atoms with Gasteiger partial charge in [0.15, 0.2) is 0 Å². The molecule has 0 saturated heterocycles. The Bertz CT molecular complexity index is 302. The molecule has 60 valence electrons. The number of hydrogen-bond donors (Lipinski definition) is 0. The second-order valence-electron chi connectivity index (χ2n) is 2.10. The van der Waals surface area contributed by atoms with E-state index >= 15 is 0 Å². The number of carbonyl (C=O) groups is 1. The third kappa shape index (κ3) is 2.50. The van der Waals surface area contributed by atoms with Crippen LogP contribution >= 0.6 is 0 Å². The van der Waals surface area contributed by atoms with Crippen LogP contribution in [0.25, 0.3) is 0 Å². The molecule has 0 spiro atoms. The van der Waals surface area contributed by atoms with Crippen LogP contribution in [0.1, 0.15) is 10.4 Å². The molecule has 0 fully saturated rings. The fraction of sp³-hybridized carbons (Fsp3) is 0.111. The molecule has 0 aliphatic heterocycles. The first kappa shape index (κ1) is 8.99. The average Bonchev–Trinajstić information content (AvgIpc) is 2.15. The summed E-state index contributed by atoms with van der Waals surface area (Å²) in [5.41, 5.74) is 0.716. The Kier molecular flexibility index (Phi) is 3.53. The molecule has 1 aromatic rings. The number of benzene rings is 1. The van der Waals surface area contributed by atoms with E-state index < -0.39 is 0 Å². The molecule has 1 rings (SSSR count). The minimum atomic E-state index is -0.212. The summed E-state index contributed by atoms with van der Waals surface area (Å²) in [6.45, 7) is 0. The first-order chi connectivity index (χ1) is 5.84. The summed E-state index contributed by atoms with van der Waals surface area (Å²) < 4.78 is 0.102. The van der Waals surface area contributed by atoms with E-state index in [0.717, 1.165) is 0 Å². The molecule has 2 nitrogen and oxygen atoms in total. The van der Waals surface area contributed by atoms with Gasteiger partial charge in [0.2, 0.25) is 0 Å². The Labute approximate surface area is 77.4 Å². The number of nitriles is 1. The molecule has 0 radical (unpaired) electrons. The molecule has 1 aromatic carbocycles. The monoisotopic (exact) mass is 225 g/mol. The van der Waals surface area contributed by atoms with Gasteiger partial charge in [-0.1, -0.05) is 0 Å². The molecule has 3 heteroatoms. The molecular weight excluding hydrogens is 217 g/mol. The van der Waals surface area contributed by atoms with Crippen molar-refractivity contribution in [3.05, 3.63) is 35.9 Å². The first-order valence-electron chi connectivity index (χ1n) is 3.43. The van der Waals surface area contributed by atoms with E-state index in [1.807, 2.05) is 24.3 Å². The maximum atomic E-state index is 11.3. The zero-order valence-electron chi connectivity index (χ0n) is 6.36. The van der Waals surface area contributed by atoms with Gasteiger partial charge in [-0.2, -0.15) is 0 Å². The van der Waals surface area contributed by atoms with E-state index in [-0.39, 0.29) is 19.6 Å². The van der Waals surface area contributed by atoms with Crippen molar-refractivity contribution in [1.29, 1.82) is 5.26 Å². The quantitative estimate of drug-likeness (QED) is 0.729. The van der Waals surface area contributed by atoms with E-state index in [0.29, 0.717) is 10.9 Å². The van der Waals surface area contributed by atoms with Crippen molar-refractivity contribution in [2.75, 3.05) is 0 Å². The predicted octanol–water partition coefficient (Wildman–Crippen LogP) is 1.47. The van der Waals surface area contributed by atoms with Crippen molar-refractivity contribution in [2.45, 2.75) is 5.32 Å².